The maximum Gasteiger partial charge on any atom is 0.238 e. The van der Waals surface area contributed by atoms with Gasteiger partial charge in [-0.1, -0.05) is 78.4 Å². The minimum absolute atomic E-state index is 0.578. The van der Waals surface area contributed by atoms with Gasteiger partial charge in [0.25, 0.3) is 0 Å². The predicted octanol–water partition coefficient (Wildman–Crippen LogP) is 7.67. The molecule has 5 nitrogen and oxygen atoms in total. The molecule has 0 amide bonds. The van der Waals surface area contributed by atoms with Gasteiger partial charge >= 0.3 is 0 Å². The molecule has 180 valence electrons. The summed E-state index contributed by atoms with van der Waals surface area (Å²) < 4.78 is 2.15. The summed E-state index contributed by atoms with van der Waals surface area (Å²) in [4.78, 5) is 19.1. The van der Waals surface area contributed by atoms with Crippen molar-refractivity contribution in [3.05, 3.63) is 127 Å². The first kappa shape index (κ1) is 22.1. The zero-order valence-corrected chi connectivity index (χ0v) is 20.8. The number of fused-ring (bicyclic) bond motifs is 3. The minimum atomic E-state index is 0.578. The molecule has 0 spiro atoms. The lowest BCUT2D eigenvalue weighted by molar-refractivity contribution is 0.952. The Morgan fingerprint density at radius 1 is 0.526 bits per heavy atom. The van der Waals surface area contributed by atoms with Crippen molar-refractivity contribution in [2.45, 2.75) is 6.92 Å². The van der Waals surface area contributed by atoms with Gasteiger partial charge in [0, 0.05) is 34.3 Å². The Morgan fingerprint density at radius 2 is 1.16 bits per heavy atom. The molecule has 0 atom stereocenters. The molecule has 0 radical (unpaired) electrons. The standard InChI is InChI=1S/C33H23N5/c1-22-14-16-29-27(19-22)28-20-25(23-9-4-2-5-10-23)15-17-30(28)38(29)33-36-31(24-11-6-3-7-12-24)35-32(37-33)26-13-8-18-34-21-26/h2-21H,1H3. The van der Waals surface area contributed by atoms with E-state index in [9.17, 15) is 0 Å². The van der Waals surface area contributed by atoms with Crippen molar-refractivity contribution in [1.29, 1.82) is 0 Å². The number of aromatic nitrogens is 5. The fourth-order valence-corrected chi connectivity index (χ4v) is 4.97. The van der Waals surface area contributed by atoms with Crippen molar-refractivity contribution in [1.82, 2.24) is 24.5 Å². The lowest BCUT2D eigenvalue weighted by Crippen LogP contribution is -2.06. The summed E-state index contributed by atoms with van der Waals surface area (Å²) in [6, 6.07) is 37.5. The molecule has 0 aliphatic carbocycles. The molecule has 0 bridgehead atoms. The molecule has 0 saturated carbocycles. The van der Waals surface area contributed by atoms with Crippen LogP contribution in [0.2, 0.25) is 0 Å². The van der Waals surface area contributed by atoms with Crippen LogP contribution < -0.4 is 0 Å². The smallest absolute Gasteiger partial charge is 0.238 e. The summed E-state index contributed by atoms with van der Waals surface area (Å²) in [5.74, 6) is 1.79. The van der Waals surface area contributed by atoms with Gasteiger partial charge in [0.1, 0.15) is 0 Å². The molecule has 3 aromatic heterocycles. The van der Waals surface area contributed by atoms with Crippen molar-refractivity contribution in [3.8, 4) is 39.9 Å². The Kier molecular flexibility index (Phi) is 5.26. The largest absolute Gasteiger partial charge is 0.278 e. The molecule has 4 aromatic carbocycles. The molecule has 0 unspecified atom stereocenters. The summed E-state index contributed by atoms with van der Waals surface area (Å²) in [5.41, 5.74) is 7.45. The number of aryl methyl sites for hydroxylation is 1. The summed E-state index contributed by atoms with van der Waals surface area (Å²) >= 11 is 0. The van der Waals surface area contributed by atoms with Gasteiger partial charge < -0.3 is 0 Å². The number of nitrogens with zero attached hydrogens (tertiary/aromatic N) is 5. The quantitative estimate of drug-likeness (QED) is 0.254. The van der Waals surface area contributed by atoms with E-state index in [4.69, 9.17) is 15.0 Å². The van der Waals surface area contributed by atoms with E-state index in [1.165, 1.54) is 22.1 Å². The van der Waals surface area contributed by atoms with Crippen LogP contribution in [0.4, 0.5) is 0 Å². The van der Waals surface area contributed by atoms with Gasteiger partial charge in [0.2, 0.25) is 5.95 Å². The highest BCUT2D eigenvalue weighted by Crippen LogP contribution is 2.35. The van der Waals surface area contributed by atoms with Crippen molar-refractivity contribution in [2.24, 2.45) is 0 Å². The first-order chi connectivity index (χ1) is 18.7. The monoisotopic (exact) mass is 489 g/mol. The van der Waals surface area contributed by atoms with Gasteiger partial charge in [-0.05, 0) is 54.4 Å². The van der Waals surface area contributed by atoms with Crippen molar-refractivity contribution >= 4 is 21.8 Å². The van der Waals surface area contributed by atoms with Crippen LogP contribution in [0.5, 0.6) is 0 Å². The maximum atomic E-state index is 5.00. The van der Waals surface area contributed by atoms with E-state index >= 15 is 0 Å². The van der Waals surface area contributed by atoms with Crippen LogP contribution in [-0.4, -0.2) is 24.5 Å². The van der Waals surface area contributed by atoms with E-state index in [2.05, 4.69) is 77.1 Å². The molecule has 0 saturated heterocycles. The summed E-state index contributed by atoms with van der Waals surface area (Å²) in [5, 5.41) is 2.33. The first-order valence-corrected chi connectivity index (χ1v) is 12.6. The maximum absolute atomic E-state index is 5.00. The zero-order chi connectivity index (χ0) is 25.5. The van der Waals surface area contributed by atoms with Crippen LogP contribution >= 0.6 is 0 Å². The van der Waals surface area contributed by atoms with Crippen molar-refractivity contribution < 1.29 is 0 Å². The van der Waals surface area contributed by atoms with E-state index in [-0.39, 0.29) is 0 Å². The second kappa shape index (κ2) is 9.05. The number of pyridine rings is 1. The average Bonchev–Trinajstić information content (AvgIpc) is 3.31. The molecule has 0 aliphatic rings. The highest BCUT2D eigenvalue weighted by atomic mass is 15.2. The Morgan fingerprint density at radius 3 is 1.87 bits per heavy atom. The van der Waals surface area contributed by atoms with Gasteiger partial charge in [-0.25, -0.2) is 4.98 Å². The molecule has 0 aliphatic heterocycles. The molecule has 7 aromatic rings. The molecule has 0 fully saturated rings. The van der Waals surface area contributed by atoms with Gasteiger partial charge in [-0.2, -0.15) is 9.97 Å². The Balaban J connectivity index is 1.53. The molecule has 7 rings (SSSR count). The third-order valence-corrected chi connectivity index (χ3v) is 6.80. The van der Waals surface area contributed by atoms with E-state index in [1.54, 1.807) is 12.4 Å². The third kappa shape index (κ3) is 3.82. The second-order valence-electron chi connectivity index (χ2n) is 9.34. The van der Waals surface area contributed by atoms with Crippen LogP contribution in [-0.2, 0) is 0 Å². The number of hydrogen-bond acceptors (Lipinski definition) is 4. The predicted molar refractivity (Wildman–Crippen MR) is 153 cm³/mol. The van der Waals surface area contributed by atoms with E-state index < -0.39 is 0 Å². The Hall–Kier alpha value is -5.16. The zero-order valence-electron chi connectivity index (χ0n) is 20.8. The Bertz CT molecular complexity index is 1850. The van der Waals surface area contributed by atoms with Crippen molar-refractivity contribution in [3.63, 3.8) is 0 Å². The van der Waals surface area contributed by atoms with Gasteiger partial charge in [0.05, 0.1) is 11.0 Å². The van der Waals surface area contributed by atoms with Crippen molar-refractivity contribution in [2.75, 3.05) is 0 Å². The lowest BCUT2D eigenvalue weighted by atomic mass is 10.0. The van der Waals surface area contributed by atoms with Crippen LogP contribution in [0.3, 0.4) is 0 Å². The van der Waals surface area contributed by atoms with E-state index in [0.29, 0.717) is 17.6 Å². The van der Waals surface area contributed by atoms with Gasteiger partial charge in [-0.3, -0.25) is 9.55 Å². The fraction of sp³-hybridized carbons (Fsp3) is 0.0303. The highest BCUT2D eigenvalue weighted by molar-refractivity contribution is 6.10. The normalized spacial score (nSPS) is 11.3. The van der Waals surface area contributed by atoms with Crippen LogP contribution in [0.15, 0.2) is 122 Å². The topological polar surface area (TPSA) is 56.5 Å². The first-order valence-electron chi connectivity index (χ1n) is 12.6. The van der Waals surface area contributed by atoms with Crippen LogP contribution in [0.1, 0.15) is 5.56 Å². The SMILES string of the molecule is Cc1ccc2c(c1)c1cc(-c3ccccc3)ccc1n2-c1nc(-c2ccccc2)nc(-c2cccnc2)n1. The minimum Gasteiger partial charge on any atom is -0.278 e. The molecular formula is C33H23N5. The van der Waals surface area contributed by atoms with Gasteiger partial charge in [-0.15, -0.1) is 0 Å². The molecule has 3 heterocycles. The molecule has 0 N–H and O–H groups in total. The van der Waals surface area contributed by atoms with Crippen LogP contribution in [0.25, 0.3) is 61.7 Å². The van der Waals surface area contributed by atoms with E-state index in [0.717, 1.165) is 27.5 Å². The van der Waals surface area contributed by atoms with Crippen LogP contribution in [0, 0.1) is 6.92 Å². The summed E-state index contributed by atoms with van der Waals surface area (Å²) in [6.07, 6.45) is 3.54. The third-order valence-electron chi connectivity index (χ3n) is 6.80. The average molecular weight is 490 g/mol. The number of rotatable bonds is 4. The lowest BCUT2D eigenvalue weighted by Gasteiger charge is -2.11. The molecule has 38 heavy (non-hydrogen) atoms. The summed E-state index contributed by atoms with van der Waals surface area (Å²) in [6.45, 7) is 2.13. The number of hydrogen-bond donors (Lipinski definition) is 0. The Labute approximate surface area is 220 Å². The van der Waals surface area contributed by atoms with E-state index in [1.807, 2.05) is 48.5 Å². The van der Waals surface area contributed by atoms with Gasteiger partial charge in [0.15, 0.2) is 11.6 Å². The number of benzene rings is 4. The summed E-state index contributed by atoms with van der Waals surface area (Å²) in [7, 11) is 0. The molecular weight excluding hydrogens is 466 g/mol. The fourth-order valence-electron chi connectivity index (χ4n) is 4.97. The highest BCUT2D eigenvalue weighted by Gasteiger charge is 2.18. The second-order valence-corrected chi connectivity index (χ2v) is 9.34. The molecule has 5 heteroatoms.